The summed E-state index contributed by atoms with van der Waals surface area (Å²) in [6.45, 7) is 5.51. The van der Waals surface area contributed by atoms with Gasteiger partial charge < -0.3 is 19.7 Å². The van der Waals surface area contributed by atoms with Crippen LogP contribution in [0.25, 0.3) is 0 Å². The van der Waals surface area contributed by atoms with E-state index in [-0.39, 0.29) is 12.0 Å². The van der Waals surface area contributed by atoms with E-state index in [4.69, 9.17) is 9.47 Å². The average molecular weight is 402 g/mol. The van der Waals surface area contributed by atoms with Crippen LogP contribution in [0.3, 0.4) is 0 Å². The van der Waals surface area contributed by atoms with Crippen LogP contribution in [0, 0.1) is 0 Å². The highest BCUT2D eigenvalue weighted by Gasteiger charge is 2.50. The van der Waals surface area contributed by atoms with E-state index in [2.05, 4.69) is 15.2 Å². The smallest absolute Gasteiger partial charge is 0.409 e. The number of amides is 2. The lowest BCUT2D eigenvalue weighted by atomic mass is 9.70. The van der Waals surface area contributed by atoms with Crippen molar-refractivity contribution in [3.05, 3.63) is 17.8 Å². The van der Waals surface area contributed by atoms with Gasteiger partial charge in [-0.2, -0.15) is 0 Å². The van der Waals surface area contributed by atoms with Gasteiger partial charge in [-0.1, -0.05) is 0 Å². The number of carbonyl (C=O) groups excluding carboxylic acids is 2. The number of anilines is 1. The lowest BCUT2D eigenvalue weighted by Gasteiger charge is -2.40. The zero-order valence-electron chi connectivity index (χ0n) is 17.3. The minimum atomic E-state index is -0.539. The second kappa shape index (κ2) is 8.18. The first-order valence-electron chi connectivity index (χ1n) is 10.6. The fraction of sp³-hybridized carbons (Fsp3) is 0.667. The van der Waals surface area contributed by atoms with Crippen molar-refractivity contribution in [3.63, 3.8) is 0 Å². The number of rotatable bonds is 3. The van der Waals surface area contributed by atoms with Gasteiger partial charge in [-0.25, -0.2) is 9.78 Å². The van der Waals surface area contributed by atoms with E-state index in [0.29, 0.717) is 25.1 Å². The van der Waals surface area contributed by atoms with E-state index in [0.717, 1.165) is 63.1 Å². The predicted octanol–water partition coefficient (Wildman–Crippen LogP) is 2.39. The summed E-state index contributed by atoms with van der Waals surface area (Å²) in [7, 11) is 1.60. The van der Waals surface area contributed by atoms with Gasteiger partial charge in [0.25, 0.3) is 0 Å². The highest BCUT2D eigenvalue weighted by atomic mass is 16.6. The van der Waals surface area contributed by atoms with Gasteiger partial charge in [0, 0.05) is 38.3 Å². The van der Waals surface area contributed by atoms with Crippen molar-refractivity contribution in [2.24, 2.45) is 0 Å². The van der Waals surface area contributed by atoms with E-state index in [9.17, 15) is 9.59 Å². The largest absolute Gasteiger partial charge is 0.481 e. The maximum absolute atomic E-state index is 12.9. The molecule has 3 heterocycles. The molecule has 2 aliphatic heterocycles. The first-order chi connectivity index (χ1) is 14.1. The summed E-state index contributed by atoms with van der Waals surface area (Å²) in [6.07, 6.45) is 4.21. The van der Waals surface area contributed by atoms with Gasteiger partial charge in [0.1, 0.15) is 0 Å². The number of nitrogens with zero attached hydrogens (tertiary/aromatic N) is 3. The van der Waals surface area contributed by atoms with Crippen LogP contribution >= 0.6 is 0 Å². The minimum Gasteiger partial charge on any atom is -0.481 e. The van der Waals surface area contributed by atoms with Crippen molar-refractivity contribution >= 4 is 17.7 Å². The SMILES string of the molecule is CCOC(=O)N1CCCN(C2CCC3(CC2)C(=O)Nc2ccc(OC)nc23)CC1. The topological polar surface area (TPSA) is 84.0 Å². The van der Waals surface area contributed by atoms with Crippen LogP contribution < -0.4 is 10.1 Å². The van der Waals surface area contributed by atoms with Gasteiger partial charge in [-0.3, -0.25) is 9.69 Å². The lowest BCUT2D eigenvalue weighted by Crippen LogP contribution is -2.46. The Bertz CT molecular complexity index is 776. The molecule has 1 aromatic rings. The first-order valence-corrected chi connectivity index (χ1v) is 10.6. The lowest BCUT2D eigenvalue weighted by molar-refractivity contribution is -0.122. The van der Waals surface area contributed by atoms with Crippen molar-refractivity contribution in [3.8, 4) is 5.88 Å². The summed E-state index contributed by atoms with van der Waals surface area (Å²) in [6, 6.07) is 4.11. The zero-order valence-corrected chi connectivity index (χ0v) is 17.3. The van der Waals surface area contributed by atoms with Crippen molar-refractivity contribution in [1.29, 1.82) is 0 Å². The van der Waals surface area contributed by atoms with Crippen LogP contribution in [0.4, 0.5) is 10.5 Å². The van der Waals surface area contributed by atoms with E-state index in [1.807, 2.05) is 17.9 Å². The van der Waals surface area contributed by atoms with Gasteiger partial charge in [-0.05, 0) is 45.1 Å². The number of pyridine rings is 1. The number of hydrogen-bond donors (Lipinski definition) is 1. The molecular weight excluding hydrogens is 372 g/mol. The molecule has 3 aliphatic rings. The molecule has 1 aliphatic carbocycles. The summed E-state index contributed by atoms with van der Waals surface area (Å²) in [5.41, 5.74) is 1.11. The maximum atomic E-state index is 12.9. The fourth-order valence-corrected chi connectivity index (χ4v) is 4.99. The molecule has 4 rings (SSSR count). The predicted molar refractivity (Wildman–Crippen MR) is 108 cm³/mol. The molecule has 8 heteroatoms. The summed E-state index contributed by atoms with van der Waals surface area (Å²) in [5.74, 6) is 0.615. The second-order valence-electron chi connectivity index (χ2n) is 8.09. The molecule has 158 valence electrons. The van der Waals surface area contributed by atoms with E-state index in [1.165, 1.54) is 0 Å². The maximum Gasteiger partial charge on any atom is 0.409 e. The number of carbonyl (C=O) groups is 2. The van der Waals surface area contributed by atoms with E-state index < -0.39 is 5.41 Å². The average Bonchev–Trinajstić information content (AvgIpc) is 2.90. The number of methoxy groups -OCH3 is 1. The third-order valence-corrected chi connectivity index (χ3v) is 6.60. The normalized spacial score (nSPS) is 27.3. The fourth-order valence-electron chi connectivity index (χ4n) is 4.99. The van der Waals surface area contributed by atoms with Gasteiger partial charge in [0.15, 0.2) is 0 Å². The molecule has 0 atom stereocenters. The number of ether oxygens (including phenoxy) is 2. The molecule has 0 unspecified atom stereocenters. The van der Waals surface area contributed by atoms with Crippen LogP contribution in [0.5, 0.6) is 5.88 Å². The Morgan fingerprint density at radius 2 is 2.03 bits per heavy atom. The monoisotopic (exact) mass is 402 g/mol. The molecule has 1 N–H and O–H groups in total. The van der Waals surface area contributed by atoms with Crippen LogP contribution in [0.15, 0.2) is 12.1 Å². The second-order valence-corrected chi connectivity index (χ2v) is 8.09. The highest BCUT2D eigenvalue weighted by Crippen LogP contribution is 2.47. The Balaban J connectivity index is 1.41. The summed E-state index contributed by atoms with van der Waals surface area (Å²) < 4.78 is 10.4. The molecule has 1 spiro atoms. The molecule has 0 radical (unpaired) electrons. The summed E-state index contributed by atoms with van der Waals surface area (Å²) >= 11 is 0. The molecule has 29 heavy (non-hydrogen) atoms. The van der Waals surface area contributed by atoms with Gasteiger partial charge in [0.05, 0.1) is 30.5 Å². The van der Waals surface area contributed by atoms with Crippen molar-refractivity contribution in [1.82, 2.24) is 14.8 Å². The quantitative estimate of drug-likeness (QED) is 0.836. The summed E-state index contributed by atoms with van der Waals surface area (Å²) in [4.78, 5) is 33.8. The molecule has 1 saturated heterocycles. The molecule has 2 amide bonds. The molecule has 0 bridgehead atoms. The summed E-state index contributed by atoms with van der Waals surface area (Å²) in [5, 5.41) is 3.02. The van der Waals surface area contributed by atoms with Crippen molar-refractivity contribution < 1.29 is 19.1 Å². The zero-order chi connectivity index (χ0) is 20.4. The van der Waals surface area contributed by atoms with Crippen molar-refractivity contribution in [2.75, 3.05) is 45.2 Å². The van der Waals surface area contributed by atoms with Gasteiger partial charge >= 0.3 is 6.09 Å². The Morgan fingerprint density at radius 3 is 2.76 bits per heavy atom. The molecule has 2 fully saturated rings. The van der Waals surface area contributed by atoms with Crippen LogP contribution in [-0.2, 0) is 14.9 Å². The van der Waals surface area contributed by atoms with Crippen LogP contribution in [0.1, 0.15) is 44.7 Å². The third kappa shape index (κ3) is 3.66. The van der Waals surface area contributed by atoms with Crippen LogP contribution in [-0.4, -0.2) is 72.7 Å². The van der Waals surface area contributed by atoms with Gasteiger partial charge in [-0.15, -0.1) is 0 Å². The first kappa shape index (κ1) is 19.9. The molecule has 1 aromatic heterocycles. The van der Waals surface area contributed by atoms with Crippen molar-refractivity contribution in [2.45, 2.75) is 50.5 Å². The Labute approximate surface area is 171 Å². The van der Waals surface area contributed by atoms with Crippen LogP contribution in [0.2, 0.25) is 0 Å². The highest BCUT2D eigenvalue weighted by molar-refractivity contribution is 6.05. The Morgan fingerprint density at radius 1 is 1.24 bits per heavy atom. The molecular formula is C21H30N4O4. The number of aromatic nitrogens is 1. The number of nitrogens with one attached hydrogen (secondary N) is 1. The van der Waals surface area contributed by atoms with E-state index in [1.54, 1.807) is 13.2 Å². The molecule has 8 nitrogen and oxygen atoms in total. The van der Waals surface area contributed by atoms with E-state index >= 15 is 0 Å². The minimum absolute atomic E-state index is 0.0658. The number of hydrogen-bond acceptors (Lipinski definition) is 6. The Hall–Kier alpha value is -2.35. The van der Waals surface area contributed by atoms with Gasteiger partial charge in [0.2, 0.25) is 11.8 Å². The number of fused-ring (bicyclic) bond motifs is 2. The standard InChI is InChI=1S/C21H30N4O4/c1-3-29-20(27)25-12-4-11-24(13-14-25)15-7-9-21(10-8-15)18-16(22-19(21)26)5-6-17(23-18)28-2/h5-6,15H,3-4,7-14H2,1-2H3,(H,22,26). The third-order valence-electron chi connectivity index (χ3n) is 6.60. The molecule has 1 saturated carbocycles. The molecule has 0 aromatic carbocycles. The Kier molecular flexibility index (Phi) is 5.63.